The molecule has 2 atom stereocenters. The van der Waals surface area contributed by atoms with Gasteiger partial charge in [0, 0.05) is 6.54 Å². The number of rotatable bonds is 2. The summed E-state index contributed by atoms with van der Waals surface area (Å²) < 4.78 is 0. The fourth-order valence-corrected chi connectivity index (χ4v) is 3.03. The molecule has 1 nitrogen and oxygen atoms in total. The van der Waals surface area contributed by atoms with E-state index < -0.39 is 0 Å². The van der Waals surface area contributed by atoms with Crippen LogP contribution in [0.1, 0.15) is 45.4 Å². The predicted octanol–water partition coefficient (Wildman–Crippen LogP) is 3.46. The average Bonchev–Trinajstić information content (AvgIpc) is 2.44. The van der Waals surface area contributed by atoms with Crippen LogP contribution in [0.25, 0.3) is 0 Å². The fraction of sp³-hybridized carbons (Fsp3) is 0.857. The number of likely N-dealkylation sites (tertiary alicyclic amines) is 1. The maximum Gasteiger partial charge on any atom is 0.00127 e. The smallest absolute Gasteiger partial charge is 0.00127 e. The van der Waals surface area contributed by atoms with Crippen LogP contribution in [0, 0.1) is 11.8 Å². The van der Waals surface area contributed by atoms with Gasteiger partial charge in [-0.25, -0.2) is 0 Å². The van der Waals surface area contributed by atoms with Crippen LogP contribution in [0.4, 0.5) is 0 Å². The van der Waals surface area contributed by atoms with Crippen LogP contribution in [0.5, 0.6) is 0 Å². The Labute approximate surface area is 94.5 Å². The summed E-state index contributed by atoms with van der Waals surface area (Å²) in [6, 6.07) is 0. The van der Waals surface area contributed by atoms with Crippen molar-refractivity contribution >= 4 is 0 Å². The van der Waals surface area contributed by atoms with E-state index in [1.54, 1.807) is 0 Å². The minimum absolute atomic E-state index is 0.901. The summed E-state index contributed by atoms with van der Waals surface area (Å²) in [6.45, 7) is 6.47. The Kier molecular flexibility index (Phi) is 4.25. The molecule has 86 valence electrons. The molecule has 1 fully saturated rings. The van der Waals surface area contributed by atoms with E-state index in [2.05, 4.69) is 24.0 Å². The zero-order valence-corrected chi connectivity index (χ0v) is 10.1. The first-order chi connectivity index (χ1) is 7.34. The maximum absolute atomic E-state index is 2.69. The van der Waals surface area contributed by atoms with Gasteiger partial charge in [-0.1, -0.05) is 25.5 Å². The standard InChI is InChI=1S/C14H25N/c1-13-7-3-4-8-14(11-13)12-15-9-5-2-6-10-15/h3-4,13-14H,2,5-12H2,1H3. The second-order valence-corrected chi connectivity index (χ2v) is 5.51. The molecule has 0 N–H and O–H groups in total. The molecule has 15 heavy (non-hydrogen) atoms. The molecule has 2 unspecified atom stereocenters. The van der Waals surface area contributed by atoms with Crippen molar-refractivity contribution in [3.8, 4) is 0 Å². The molecule has 0 spiro atoms. The van der Waals surface area contributed by atoms with Crippen LogP contribution < -0.4 is 0 Å². The lowest BCUT2D eigenvalue weighted by Gasteiger charge is -2.30. The zero-order chi connectivity index (χ0) is 10.5. The Hall–Kier alpha value is -0.300. The van der Waals surface area contributed by atoms with Gasteiger partial charge in [-0.15, -0.1) is 0 Å². The van der Waals surface area contributed by atoms with Crippen molar-refractivity contribution in [2.75, 3.05) is 19.6 Å². The van der Waals surface area contributed by atoms with Gasteiger partial charge in [0.2, 0.25) is 0 Å². The minimum Gasteiger partial charge on any atom is -0.303 e. The molecule has 0 bridgehead atoms. The molecular weight excluding hydrogens is 182 g/mol. The molecule has 0 radical (unpaired) electrons. The third-order valence-electron chi connectivity index (χ3n) is 3.88. The molecule has 1 aliphatic heterocycles. The fourth-order valence-electron chi connectivity index (χ4n) is 3.03. The van der Waals surface area contributed by atoms with Crippen molar-refractivity contribution in [3.05, 3.63) is 12.2 Å². The van der Waals surface area contributed by atoms with Gasteiger partial charge < -0.3 is 4.90 Å². The summed E-state index contributed by atoms with van der Waals surface area (Å²) in [4.78, 5) is 2.69. The first-order valence-electron chi connectivity index (χ1n) is 6.72. The van der Waals surface area contributed by atoms with E-state index in [0.29, 0.717) is 0 Å². The number of hydrogen-bond acceptors (Lipinski definition) is 1. The Morgan fingerprint density at radius 3 is 2.60 bits per heavy atom. The Balaban J connectivity index is 1.79. The number of hydrogen-bond donors (Lipinski definition) is 0. The van der Waals surface area contributed by atoms with Gasteiger partial charge in [-0.3, -0.25) is 0 Å². The van der Waals surface area contributed by atoms with Crippen molar-refractivity contribution in [2.45, 2.75) is 45.4 Å². The van der Waals surface area contributed by atoms with Gasteiger partial charge in [-0.05, 0) is 57.0 Å². The molecule has 0 aromatic carbocycles. The topological polar surface area (TPSA) is 3.24 Å². The minimum atomic E-state index is 0.901. The van der Waals surface area contributed by atoms with E-state index in [9.17, 15) is 0 Å². The average molecular weight is 207 g/mol. The van der Waals surface area contributed by atoms with Gasteiger partial charge in [0.05, 0.1) is 0 Å². The molecule has 1 aliphatic carbocycles. The first kappa shape index (κ1) is 11.2. The second kappa shape index (κ2) is 5.69. The van der Waals surface area contributed by atoms with E-state index in [0.717, 1.165) is 11.8 Å². The molecule has 1 saturated heterocycles. The van der Waals surface area contributed by atoms with Crippen LogP contribution in [0.2, 0.25) is 0 Å². The lowest BCUT2D eigenvalue weighted by Crippen LogP contribution is -2.34. The summed E-state index contributed by atoms with van der Waals surface area (Å²) in [7, 11) is 0. The van der Waals surface area contributed by atoms with Crippen molar-refractivity contribution in [1.29, 1.82) is 0 Å². The van der Waals surface area contributed by atoms with Gasteiger partial charge in [0.25, 0.3) is 0 Å². The Bertz CT molecular complexity index is 203. The molecule has 0 saturated carbocycles. The predicted molar refractivity (Wildman–Crippen MR) is 65.9 cm³/mol. The van der Waals surface area contributed by atoms with Gasteiger partial charge in [0.1, 0.15) is 0 Å². The van der Waals surface area contributed by atoms with Crippen molar-refractivity contribution in [3.63, 3.8) is 0 Å². The molecule has 2 aliphatic rings. The maximum atomic E-state index is 2.69. The van der Waals surface area contributed by atoms with E-state index in [4.69, 9.17) is 0 Å². The Morgan fingerprint density at radius 2 is 1.80 bits per heavy atom. The van der Waals surface area contributed by atoms with E-state index in [1.807, 2.05) is 0 Å². The molecule has 2 rings (SSSR count). The lowest BCUT2D eigenvalue weighted by molar-refractivity contribution is 0.184. The van der Waals surface area contributed by atoms with Gasteiger partial charge in [-0.2, -0.15) is 0 Å². The van der Waals surface area contributed by atoms with Crippen LogP contribution in [-0.2, 0) is 0 Å². The number of nitrogens with zero attached hydrogens (tertiary/aromatic N) is 1. The molecule has 0 aromatic rings. The number of allylic oxidation sites excluding steroid dienone is 2. The summed E-state index contributed by atoms with van der Waals surface area (Å²) in [5.74, 6) is 1.83. The third-order valence-corrected chi connectivity index (χ3v) is 3.88. The van der Waals surface area contributed by atoms with E-state index in [-0.39, 0.29) is 0 Å². The van der Waals surface area contributed by atoms with Gasteiger partial charge >= 0.3 is 0 Å². The van der Waals surface area contributed by atoms with Crippen molar-refractivity contribution < 1.29 is 0 Å². The highest BCUT2D eigenvalue weighted by Gasteiger charge is 2.18. The highest BCUT2D eigenvalue weighted by molar-refractivity contribution is 4.90. The van der Waals surface area contributed by atoms with Crippen LogP contribution in [0.15, 0.2) is 12.2 Å². The SMILES string of the molecule is CC1CC=CCC(CN2CCCCC2)C1. The first-order valence-corrected chi connectivity index (χ1v) is 6.72. The molecule has 0 amide bonds. The largest absolute Gasteiger partial charge is 0.303 e. The van der Waals surface area contributed by atoms with E-state index in [1.165, 1.54) is 58.2 Å². The van der Waals surface area contributed by atoms with Crippen molar-refractivity contribution in [1.82, 2.24) is 4.90 Å². The van der Waals surface area contributed by atoms with Crippen LogP contribution in [0.3, 0.4) is 0 Å². The monoisotopic (exact) mass is 207 g/mol. The Morgan fingerprint density at radius 1 is 1.07 bits per heavy atom. The summed E-state index contributed by atoms with van der Waals surface area (Å²) >= 11 is 0. The summed E-state index contributed by atoms with van der Waals surface area (Å²) in [6.07, 6.45) is 13.2. The normalized spacial score (nSPS) is 33.9. The highest BCUT2D eigenvalue weighted by atomic mass is 15.1. The van der Waals surface area contributed by atoms with E-state index >= 15 is 0 Å². The second-order valence-electron chi connectivity index (χ2n) is 5.51. The van der Waals surface area contributed by atoms with Crippen LogP contribution >= 0.6 is 0 Å². The lowest BCUT2D eigenvalue weighted by atomic mass is 9.93. The molecule has 1 heteroatoms. The highest BCUT2D eigenvalue weighted by Crippen LogP contribution is 2.24. The zero-order valence-electron chi connectivity index (χ0n) is 10.1. The molecule has 0 aromatic heterocycles. The van der Waals surface area contributed by atoms with Crippen molar-refractivity contribution in [2.24, 2.45) is 11.8 Å². The quantitative estimate of drug-likeness (QED) is 0.627. The number of piperidine rings is 1. The van der Waals surface area contributed by atoms with Crippen LogP contribution in [-0.4, -0.2) is 24.5 Å². The molecule has 1 heterocycles. The summed E-state index contributed by atoms with van der Waals surface area (Å²) in [5, 5.41) is 0. The summed E-state index contributed by atoms with van der Waals surface area (Å²) in [5.41, 5.74) is 0. The van der Waals surface area contributed by atoms with Gasteiger partial charge in [0.15, 0.2) is 0 Å². The molecular formula is C14H25N. The third kappa shape index (κ3) is 3.64.